The number of thioether (sulfide) groups is 1. The van der Waals surface area contributed by atoms with Crippen LogP contribution in [0.2, 0.25) is 10.0 Å². The zero-order chi connectivity index (χ0) is 15.0. The summed E-state index contributed by atoms with van der Waals surface area (Å²) in [6.07, 6.45) is 0. The van der Waals surface area contributed by atoms with Crippen LogP contribution in [0.4, 0.5) is 0 Å². The van der Waals surface area contributed by atoms with E-state index in [1.54, 1.807) is 12.1 Å². The van der Waals surface area contributed by atoms with Gasteiger partial charge >= 0.3 is 5.97 Å². The highest BCUT2D eigenvalue weighted by Crippen LogP contribution is 2.39. The molecule has 2 aromatic rings. The SMILES string of the molecule is O=C(O)[C@H]1CN[C@@H](c2ccc(-c3cccc(Cl)c3Cl)o2)S1. The van der Waals surface area contributed by atoms with Crippen molar-refractivity contribution in [3.63, 3.8) is 0 Å². The number of hydrogen-bond donors (Lipinski definition) is 2. The minimum atomic E-state index is -0.820. The van der Waals surface area contributed by atoms with Gasteiger partial charge < -0.3 is 9.52 Å². The van der Waals surface area contributed by atoms with Crippen LogP contribution in [0.5, 0.6) is 0 Å². The van der Waals surface area contributed by atoms with Crippen LogP contribution in [0, 0.1) is 0 Å². The number of carboxylic acids is 1. The molecule has 4 nitrogen and oxygen atoms in total. The third-order valence-corrected chi connectivity index (χ3v) is 5.35. The van der Waals surface area contributed by atoms with Crippen molar-refractivity contribution in [1.29, 1.82) is 0 Å². The van der Waals surface area contributed by atoms with Gasteiger partial charge in [0.2, 0.25) is 0 Å². The molecule has 21 heavy (non-hydrogen) atoms. The smallest absolute Gasteiger partial charge is 0.318 e. The van der Waals surface area contributed by atoms with Crippen molar-refractivity contribution in [1.82, 2.24) is 5.32 Å². The van der Waals surface area contributed by atoms with Gasteiger partial charge in [-0.3, -0.25) is 10.1 Å². The van der Waals surface area contributed by atoms with E-state index in [9.17, 15) is 4.79 Å². The average molecular weight is 344 g/mol. The molecule has 0 amide bonds. The maximum Gasteiger partial charge on any atom is 0.318 e. The van der Waals surface area contributed by atoms with E-state index in [4.69, 9.17) is 32.7 Å². The van der Waals surface area contributed by atoms with Crippen molar-refractivity contribution in [2.75, 3.05) is 6.54 Å². The Morgan fingerprint density at radius 1 is 1.33 bits per heavy atom. The monoisotopic (exact) mass is 343 g/mol. The quantitative estimate of drug-likeness (QED) is 0.880. The summed E-state index contributed by atoms with van der Waals surface area (Å²) in [5.41, 5.74) is 0.716. The molecule has 0 bridgehead atoms. The highest BCUT2D eigenvalue weighted by Gasteiger charge is 2.32. The number of carboxylic acid groups (broad SMARTS) is 1. The lowest BCUT2D eigenvalue weighted by Crippen LogP contribution is -2.21. The van der Waals surface area contributed by atoms with Crippen molar-refractivity contribution in [3.8, 4) is 11.3 Å². The molecule has 3 rings (SSSR count). The van der Waals surface area contributed by atoms with E-state index in [1.165, 1.54) is 11.8 Å². The van der Waals surface area contributed by atoms with Crippen LogP contribution >= 0.6 is 35.0 Å². The van der Waals surface area contributed by atoms with Gasteiger partial charge in [0.15, 0.2) is 0 Å². The van der Waals surface area contributed by atoms with Gasteiger partial charge in [-0.2, -0.15) is 0 Å². The van der Waals surface area contributed by atoms with Gasteiger partial charge in [-0.15, -0.1) is 11.8 Å². The number of carbonyl (C=O) groups is 1. The Hall–Kier alpha value is -1.14. The van der Waals surface area contributed by atoms with Crippen molar-refractivity contribution in [2.24, 2.45) is 0 Å². The lowest BCUT2D eigenvalue weighted by molar-refractivity contribution is -0.136. The molecule has 2 N–H and O–H groups in total. The number of aliphatic carboxylic acids is 1. The maximum absolute atomic E-state index is 11.0. The van der Waals surface area contributed by atoms with Crippen molar-refractivity contribution in [3.05, 3.63) is 46.1 Å². The summed E-state index contributed by atoms with van der Waals surface area (Å²) in [6, 6.07) is 8.97. The van der Waals surface area contributed by atoms with Gasteiger partial charge in [0.1, 0.15) is 22.1 Å². The lowest BCUT2D eigenvalue weighted by atomic mass is 10.2. The largest absolute Gasteiger partial charge is 0.480 e. The first-order chi connectivity index (χ1) is 10.1. The van der Waals surface area contributed by atoms with Gasteiger partial charge in [-0.05, 0) is 24.3 Å². The van der Waals surface area contributed by atoms with Crippen LogP contribution in [0.1, 0.15) is 11.1 Å². The van der Waals surface area contributed by atoms with Gasteiger partial charge in [-0.1, -0.05) is 29.3 Å². The fourth-order valence-corrected chi connectivity index (χ4v) is 3.60. The van der Waals surface area contributed by atoms with Gasteiger partial charge in [0.25, 0.3) is 0 Å². The summed E-state index contributed by atoms with van der Waals surface area (Å²) in [5, 5.41) is 12.4. The highest BCUT2D eigenvalue weighted by atomic mass is 35.5. The first-order valence-electron chi connectivity index (χ1n) is 6.22. The van der Waals surface area contributed by atoms with E-state index < -0.39 is 11.2 Å². The number of benzene rings is 1. The fourth-order valence-electron chi connectivity index (χ4n) is 2.12. The second kappa shape index (κ2) is 5.93. The average Bonchev–Trinajstić information content (AvgIpc) is 3.09. The van der Waals surface area contributed by atoms with E-state index in [0.29, 0.717) is 33.7 Å². The zero-order valence-corrected chi connectivity index (χ0v) is 13.0. The predicted molar refractivity (Wildman–Crippen MR) is 83.9 cm³/mol. The summed E-state index contributed by atoms with van der Waals surface area (Å²) in [4.78, 5) is 11.0. The molecule has 0 unspecified atom stereocenters. The first-order valence-corrected chi connectivity index (χ1v) is 7.92. The molecule has 2 heterocycles. The molecule has 1 aromatic heterocycles. The molecule has 0 aliphatic carbocycles. The van der Waals surface area contributed by atoms with Crippen molar-refractivity contribution in [2.45, 2.75) is 10.6 Å². The highest BCUT2D eigenvalue weighted by molar-refractivity contribution is 8.01. The molecule has 0 spiro atoms. The number of hydrogen-bond acceptors (Lipinski definition) is 4. The molecule has 1 aliphatic rings. The van der Waals surface area contributed by atoms with Gasteiger partial charge in [0.05, 0.1) is 10.0 Å². The molecule has 1 fully saturated rings. The maximum atomic E-state index is 11.0. The molecular formula is C14H11Cl2NO3S. The minimum Gasteiger partial charge on any atom is -0.480 e. The molecule has 0 radical (unpaired) electrons. The fraction of sp³-hybridized carbons (Fsp3) is 0.214. The Labute approximate surface area is 135 Å². The Balaban J connectivity index is 1.84. The van der Waals surface area contributed by atoms with Crippen molar-refractivity contribution >= 4 is 40.9 Å². The number of nitrogens with one attached hydrogen (secondary N) is 1. The van der Waals surface area contributed by atoms with E-state index >= 15 is 0 Å². The third-order valence-electron chi connectivity index (χ3n) is 3.17. The Morgan fingerprint density at radius 3 is 2.86 bits per heavy atom. The molecule has 1 aromatic carbocycles. The standard InChI is InChI=1S/C14H11Cl2NO3S/c15-8-3-1-2-7(12(8)16)9-4-5-10(20-9)13-17-6-11(21-13)14(18)19/h1-5,11,13,17H,6H2,(H,18,19)/t11-,13-/m1/s1. The zero-order valence-electron chi connectivity index (χ0n) is 10.7. The third kappa shape index (κ3) is 2.92. The van der Waals surface area contributed by atoms with Crippen LogP contribution in [-0.4, -0.2) is 22.9 Å². The second-order valence-corrected chi connectivity index (χ2v) is 6.65. The second-order valence-electron chi connectivity index (χ2n) is 4.55. The van der Waals surface area contributed by atoms with Crippen LogP contribution in [0.3, 0.4) is 0 Å². The van der Waals surface area contributed by atoms with Crippen LogP contribution < -0.4 is 5.32 Å². The normalized spacial score (nSPS) is 21.6. The summed E-state index contributed by atoms with van der Waals surface area (Å²) in [6.45, 7) is 0.415. The van der Waals surface area contributed by atoms with Crippen LogP contribution in [0.25, 0.3) is 11.3 Å². The van der Waals surface area contributed by atoms with Crippen LogP contribution in [-0.2, 0) is 4.79 Å². The molecule has 0 saturated carbocycles. The molecule has 2 atom stereocenters. The Kier molecular flexibility index (Phi) is 4.17. The topological polar surface area (TPSA) is 62.5 Å². The molecule has 1 saturated heterocycles. The van der Waals surface area contributed by atoms with Gasteiger partial charge in [0, 0.05) is 12.1 Å². The molecular weight excluding hydrogens is 333 g/mol. The molecule has 110 valence electrons. The van der Waals surface area contributed by atoms with E-state index in [1.807, 2.05) is 18.2 Å². The van der Waals surface area contributed by atoms with Crippen molar-refractivity contribution < 1.29 is 14.3 Å². The summed E-state index contributed by atoms with van der Waals surface area (Å²) >= 11 is 13.5. The molecule has 1 aliphatic heterocycles. The summed E-state index contributed by atoms with van der Waals surface area (Å²) < 4.78 is 5.80. The lowest BCUT2D eigenvalue weighted by Gasteiger charge is -2.06. The predicted octanol–water partition coefficient (Wildman–Crippen LogP) is 4.04. The summed E-state index contributed by atoms with van der Waals surface area (Å²) in [5.74, 6) is 0.466. The molecule has 7 heteroatoms. The van der Waals surface area contributed by atoms with E-state index in [0.717, 1.165) is 0 Å². The number of rotatable bonds is 3. The van der Waals surface area contributed by atoms with E-state index in [2.05, 4.69) is 5.32 Å². The van der Waals surface area contributed by atoms with E-state index in [-0.39, 0.29) is 5.37 Å². The number of furan rings is 1. The summed E-state index contributed by atoms with van der Waals surface area (Å²) in [7, 11) is 0. The minimum absolute atomic E-state index is 0.169. The Bertz CT molecular complexity index is 689. The first kappa shape index (κ1) is 14.8. The number of halogens is 2. The van der Waals surface area contributed by atoms with Crippen LogP contribution in [0.15, 0.2) is 34.7 Å². The Morgan fingerprint density at radius 2 is 2.14 bits per heavy atom. The van der Waals surface area contributed by atoms with Gasteiger partial charge in [-0.25, -0.2) is 0 Å².